The van der Waals surface area contributed by atoms with Gasteiger partial charge >= 0.3 is 0 Å². The molecule has 0 spiro atoms. The van der Waals surface area contributed by atoms with Gasteiger partial charge in [-0.15, -0.1) is 0 Å². The van der Waals surface area contributed by atoms with Crippen molar-refractivity contribution < 1.29 is 8.83 Å². The second kappa shape index (κ2) is 15.1. The summed E-state index contributed by atoms with van der Waals surface area (Å²) in [6, 6.07) is 78.4. The van der Waals surface area contributed by atoms with Crippen LogP contribution in [0.3, 0.4) is 0 Å². The number of nitrogens with zero attached hydrogens (tertiary/aromatic N) is 2. The van der Waals surface area contributed by atoms with E-state index in [0.29, 0.717) is 5.89 Å². The number of rotatable bonds is 5. The predicted octanol–water partition coefficient (Wildman–Crippen LogP) is 16.5. The summed E-state index contributed by atoms with van der Waals surface area (Å²) in [5.74, 6) is 0.585. The van der Waals surface area contributed by atoms with Gasteiger partial charge in [-0.25, -0.2) is 4.98 Å². The second-order valence-corrected chi connectivity index (χ2v) is 17.0. The van der Waals surface area contributed by atoms with Crippen LogP contribution in [0.4, 0.5) is 17.1 Å². The lowest BCUT2D eigenvalue weighted by Crippen LogP contribution is -2.11. The van der Waals surface area contributed by atoms with E-state index in [-0.39, 0.29) is 0 Å². The van der Waals surface area contributed by atoms with Crippen molar-refractivity contribution in [3.8, 4) is 44.8 Å². The molecule has 12 aromatic rings. The number of para-hydroxylation sites is 2. The molecule has 0 N–H and O–H groups in total. The number of hydrogen-bond donors (Lipinski definition) is 0. The molecular weight excluding hydrogens is 793 g/mol. The Morgan fingerprint density at radius 1 is 0.385 bits per heavy atom. The zero-order chi connectivity index (χ0) is 42.8. The van der Waals surface area contributed by atoms with E-state index in [0.717, 1.165) is 84.8 Å². The van der Waals surface area contributed by atoms with Gasteiger partial charge in [0.05, 0.1) is 5.69 Å². The van der Waals surface area contributed by atoms with Crippen LogP contribution < -0.4 is 4.90 Å². The molecule has 65 heavy (non-hydrogen) atoms. The second-order valence-electron chi connectivity index (χ2n) is 17.0. The first-order valence-electron chi connectivity index (χ1n) is 22.3. The molecule has 1 aliphatic rings. The fourth-order valence-electron chi connectivity index (χ4n) is 10.1. The Hall–Kier alpha value is -8.47. The Balaban J connectivity index is 1.05. The summed E-state index contributed by atoms with van der Waals surface area (Å²) in [5, 5.41) is 4.31. The normalized spacial score (nSPS) is 12.2. The summed E-state index contributed by atoms with van der Waals surface area (Å²) < 4.78 is 13.4. The van der Waals surface area contributed by atoms with Crippen LogP contribution in [0.1, 0.15) is 22.3 Å². The van der Waals surface area contributed by atoms with E-state index >= 15 is 0 Å². The Morgan fingerprint density at radius 2 is 0.969 bits per heavy atom. The van der Waals surface area contributed by atoms with Gasteiger partial charge in [-0.2, -0.15) is 0 Å². The number of hydrogen-bond acceptors (Lipinski definition) is 4. The minimum atomic E-state index is 0.585. The molecule has 1 aliphatic carbocycles. The van der Waals surface area contributed by atoms with E-state index in [1.54, 1.807) is 0 Å². The van der Waals surface area contributed by atoms with Gasteiger partial charge in [0.1, 0.15) is 11.1 Å². The maximum Gasteiger partial charge on any atom is 0.227 e. The molecule has 2 heterocycles. The standard InChI is InChI=1S/C61H40N2O2/c1-2-14-39(15-3-1)40-26-30-47(31-27-40)63(48-32-28-45-35-42-17-5-9-21-50(42)49-20-8-4-16-41(49)34-43-18-6-10-22-51(43)53(45)38-48)56-37-44-19-7-11-23-52(44)59-54-36-46(29-33-57(54)64-60(56)59)61-62-55-24-12-13-25-58(55)65-61/h1-33,36-38H,34-35H2. The van der Waals surface area contributed by atoms with Crippen LogP contribution in [0.15, 0.2) is 227 Å². The van der Waals surface area contributed by atoms with Crippen LogP contribution in [0, 0.1) is 0 Å². The SMILES string of the molecule is c1ccc(-c2ccc(N(c3ccc4c(c3)-c3ccccc3Cc3ccccc3-c3ccccc3C4)c3cc4ccccc4c4c3oc3ccc(-c5nc6ccccc6o5)cc34)cc2)cc1. The zero-order valence-corrected chi connectivity index (χ0v) is 35.4. The van der Waals surface area contributed by atoms with Crippen molar-refractivity contribution in [3.05, 3.63) is 241 Å². The van der Waals surface area contributed by atoms with Crippen LogP contribution in [0.25, 0.3) is 88.6 Å². The molecule has 0 fully saturated rings. The maximum absolute atomic E-state index is 7.07. The Labute approximate surface area is 376 Å². The van der Waals surface area contributed by atoms with E-state index < -0.39 is 0 Å². The van der Waals surface area contributed by atoms with Crippen LogP contribution in [0.5, 0.6) is 0 Å². The molecule has 2 aromatic heterocycles. The van der Waals surface area contributed by atoms with Gasteiger partial charge in [0.25, 0.3) is 0 Å². The monoisotopic (exact) mass is 832 g/mol. The van der Waals surface area contributed by atoms with Crippen molar-refractivity contribution in [2.24, 2.45) is 0 Å². The average molecular weight is 833 g/mol. The van der Waals surface area contributed by atoms with E-state index in [1.807, 2.05) is 30.3 Å². The highest BCUT2D eigenvalue weighted by Gasteiger charge is 2.25. The largest absolute Gasteiger partial charge is 0.454 e. The lowest BCUT2D eigenvalue weighted by atomic mass is 9.84. The molecule has 4 heteroatoms. The van der Waals surface area contributed by atoms with E-state index in [1.165, 1.54) is 50.1 Å². The first-order chi connectivity index (χ1) is 32.2. The first kappa shape index (κ1) is 37.1. The van der Waals surface area contributed by atoms with Crippen molar-refractivity contribution in [1.29, 1.82) is 0 Å². The van der Waals surface area contributed by atoms with Crippen molar-refractivity contribution in [2.75, 3.05) is 4.90 Å². The van der Waals surface area contributed by atoms with Crippen molar-refractivity contribution in [1.82, 2.24) is 4.98 Å². The van der Waals surface area contributed by atoms with Crippen molar-refractivity contribution in [2.45, 2.75) is 12.8 Å². The smallest absolute Gasteiger partial charge is 0.227 e. The van der Waals surface area contributed by atoms with Gasteiger partial charge < -0.3 is 13.7 Å². The molecule has 0 aliphatic heterocycles. The number of aromatic nitrogens is 1. The summed E-state index contributed by atoms with van der Waals surface area (Å²) in [5.41, 5.74) is 19.8. The lowest BCUT2D eigenvalue weighted by Gasteiger charge is -2.28. The highest BCUT2D eigenvalue weighted by atomic mass is 16.3. The Bertz CT molecular complexity index is 3750. The molecule has 0 radical (unpaired) electrons. The maximum atomic E-state index is 7.07. The number of oxazole rings is 1. The molecule has 0 atom stereocenters. The predicted molar refractivity (Wildman–Crippen MR) is 267 cm³/mol. The molecule has 0 saturated carbocycles. The minimum Gasteiger partial charge on any atom is -0.454 e. The first-order valence-corrected chi connectivity index (χ1v) is 22.3. The summed E-state index contributed by atoms with van der Waals surface area (Å²) in [6.45, 7) is 0. The van der Waals surface area contributed by atoms with Gasteiger partial charge in [0.15, 0.2) is 11.2 Å². The van der Waals surface area contributed by atoms with Crippen LogP contribution in [0.2, 0.25) is 0 Å². The third-order valence-electron chi connectivity index (χ3n) is 13.2. The summed E-state index contributed by atoms with van der Waals surface area (Å²) in [4.78, 5) is 7.25. The Kier molecular flexibility index (Phi) is 8.63. The lowest BCUT2D eigenvalue weighted by molar-refractivity contribution is 0.620. The average Bonchev–Trinajstić information content (AvgIpc) is 3.98. The molecule has 13 rings (SSSR count). The summed E-state index contributed by atoms with van der Waals surface area (Å²) >= 11 is 0. The zero-order valence-electron chi connectivity index (χ0n) is 35.4. The molecule has 4 nitrogen and oxygen atoms in total. The number of fused-ring (bicyclic) bond motifs is 12. The van der Waals surface area contributed by atoms with Gasteiger partial charge in [-0.3, -0.25) is 0 Å². The fourth-order valence-corrected chi connectivity index (χ4v) is 10.1. The third kappa shape index (κ3) is 6.33. The number of furan rings is 1. The van der Waals surface area contributed by atoms with Crippen molar-refractivity contribution in [3.63, 3.8) is 0 Å². The minimum absolute atomic E-state index is 0.585. The topological polar surface area (TPSA) is 42.4 Å². The third-order valence-corrected chi connectivity index (χ3v) is 13.2. The Morgan fingerprint density at radius 3 is 1.71 bits per heavy atom. The van der Waals surface area contributed by atoms with E-state index in [9.17, 15) is 0 Å². The quantitative estimate of drug-likeness (QED) is 0.173. The van der Waals surface area contributed by atoms with Crippen LogP contribution >= 0.6 is 0 Å². The van der Waals surface area contributed by atoms with Gasteiger partial charge in [-0.05, 0) is 140 Å². The van der Waals surface area contributed by atoms with Crippen LogP contribution in [-0.4, -0.2) is 4.98 Å². The van der Waals surface area contributed by atoms with Gasteiger partial charge in [-0.1, -0.05) is 158 Å². The summed E-state index contributed by atoms with van der Waals surface area (Å²) in [6.07, 6.45) is 1.62. The van der Waals surface area contributed by atoms with Gasteiger partial charge in [0.2, 0.25) is 5.89 Å². The van der Waals surface area contributed by atoms with E-state index in [2.05, 4.69) is 193 Å². The molecule has 0 amide bonds. The number of anilines is 3. The molecule has 0 saturated heterocycles. The highest BCUT2D eigenvalue weighted by Crippen LogP contribution is 2.48. The van der Waals surface area contributed by atoms with Gasteiger partial charge in [0, 0.05) is 27.7 Å². The molecule has 0 bridgehead atoms. The van der Waals surface area contributed by atoms with Crippen molar-refractivity contribution >= 4 is 60.9 Å². The molecule has 10 aromatic carbocycles. The summed E-state index contributed by atoms with van der Waals surface area (Å²) in [7, 11) is 0. The highest BCUT2D eigenvalue weighted by molar-refractivity contribution is 6.23. The molecule has 306 valence electrons. The fraction of sp³-hybridized carbons (Fsp3) is 0.0328. The number of benzene rings is 10. The van der Waals surface area contributed by atoms with E-state index in [4.69, 9.17) is 13.8 Å². The molecular formula is C61H40N2O2. The van der Waals surface area contributed by atoms with Crippen LogP contribution in [-0.2, 0) is 12.8 Å². The molecule has 0 unspecified atom stereocenters.